The summed E-state index contributed by atoms with van der Waals surface area (Å²) in [7, 11) is 3.37. The first-order valence-electron chi connectivity index (χ1n) is 8.93. The topological polar surface area (TPSA) is 127 Å². The summed E-state index contributed by atoms with van der Waals surface area (Å²) in [6, 6.07) is 1.46. The molecular weight excluding hydrogens is 364 g/mol. The molecule has 2 aliphatic rings. The number of aryl methyl sites for hydroxylation is 1. The Labute approximate surface area is 160 Å². The van der Waals surface area contributed by atoms with Crippen molar-refractivity contribution in [3.8, 4) is 0 Å². The van der Waals surface area contributed by atoms with E-state index in [1.165, 1.54) is 10.9 Å². The van der Waals surface area contributed by atoms with Gasteiger partial charge in [-0.2, -0.15) is 5.10 Å². The second kappa shape index (κ2) is 7.00. The van der Waals surface area contributed by atoms with Crippen LogP contribution < -0.4 is 26.9 Å². The molecule has 4 heterocycles. The molecule has 0 fully saturated rings. The van der Waals surface area contributed by atoms with Crippen LogP contribution in [0.1, 0.15) is 28.9 Å². The number of imidazole rings is 1. The van der Waals surface area contributed by atoms with Gasteiger partial charge in [-0.1, -0.05) is 0 Å². The number of rotatable bonds is 1. The van der Waals surface area contributed by atoms with Crippen molar-refractivity contribution in [1.82, 2.24) is 30.1 Å². The Morgan fingerprint density at radius 1 is 1.32 bits per heavy atom. The van der Waals surface area contributed by atoms with Crippen LogP contribution in [0.4, 0.5) is 5.69 Å². The van der Waals surface area contributed by atoms with Gasteiger partial charge >= 0.3 is 0 Å². The number of hydrogen-bond donors (Lipinski definition) is 4. The van der Waals surface area contributed by atoms with Crippen molar-refractivity contribution >= 4 is 17.3 Å². The fourth-order valence-corrected chi connectivity index (χ4v) is 3.21. The normalized spacial score (nSPS) is 21.5. The number of carbonyl (C=O) groups is 1. The number of nitrogens with one attached hydrogen (secondary N) is 4. The van der Waals surface area contributed by atoms with Gasteiger partial charge in [0.1, 0.15) is 17.5 Å². The van der Waals surface area contributed by atoms with Crippen LogP contribution in [0.2, 0.25) is 0 Å². The van der Waals surface area contributed by atoms with Crippen molar-refractivity contribution in [2.24, 2.45) is 7.05 Å². The number of carbonyl (C=O) groups excluding carboxylic acids is 1. The highest BCUT2D eigenvalue weighted by molar-refractivity contribution is 5.93. The summed E-state index contributed by atoms with van der Waals surface area (Å²) in [5.41, 5.74) is 4.98. The highest BCUT2D eigenvalue weighted by Crippen LogP contribution is 2.19. The fourth-order valence-electron chi connectivity index (χ4n) is 3.21. The van der Waals surface area contributed by atoms with E-state index in [0.29, 0.717) is 29.5 Å². The van der Waals surface area contributed by atoms with Crippen LogP contribution in [-0.4, -0.2) is 51.2 Å². The van der Waals surface area contributed by atoms with E-state index < -0.39 is 6.17 Å². The Morgan fingerprint density at radius 3 is 2.93 bits per heavy atom. The molecule has 0 spiro atoms. The van der Waals surface area contributed by atoms with Gasteiger partial charge in [-0.3, -0.25) is 15.0 Å². The van der Waals surface area contributed by atoms with Gasteiger partial charge in [0, 0.05) is 20.1 Å². The monoisotopic (exact) mass is 386 g/mol. The molecule has 2 atom stereocenters. The molecule has 1 amide bonds. The van der Waals surface area contributed by atoms with Crippen molar-refractivity contribution in [2.45, 2.75) is 25.7 Å². The Hall–Kier alpha value is -3.34. The summed E-state index contributed by atoms with van der Waals surface area (Å²) >= 11 is 0. The second-order valence-corrected chi connectivity index (χ2v) is 6.75. The standard InChI is InChI=1S/C17H22N8O3/c1-9-7-28-8-10-4-12(17(27)24(3)22-10)21-14-5-11(18-2)15-19-6-13(16(26)20-9)25(15)23-14/h4-6,9,14,18,21,23H,7-8H2,1-3H3,(H,20,26). The maximum atomic E-state index is 12.7. The van der Waals surface area contributed by atoms with Crippen molar-refractivity contribution in [3.63, 3.8) is 0 Å². The van der Waals surface area contributed by atoms with E-state index in [1.807, 2.05) is 13.0 Å². The summed E-state index contributed by atoms with van der Waals surface area (Å²) in [4.78, 5) is 29.5. The molecule has 0 radical (unpaired) electrons. The van der Waals surface area contributed by atoms with E-state index in [-0.39, 0.29) is 24.1 Å². The van der Waals surface area contributed by atoms with Crippen LogP contribution in [-0.2, 0) is 18.4 Å². The van der Waals surface area contributed by atoms with Gasteiger partial charge in [-0.05, 0) is 19.1 Å². The highest BCUT2D eigenvalue weighted by atomic mass is 16.5. The average Bonchev–Trinajstić information content (AvgIpc) is 3.08. The molecule has 0 aliphatic carbocycles. The third-order valence-electron chi connectivity index (χ3n) is 4.53. The zero-order valence-corrected chi connectivity index (χ0v) is 15.8. The summed E-state index contributed by atoms with van der Waals surface area (Å²) in [6.07, 6.45) is 2.91. The fraction of sp³-hybridized carbons (Fsp3) is 0.412. The predicted molar refractivity (Wildman–Crippen MR) is 102 cm³/mol. The summed E-state index contributed by atoms with van der Waals surface area (Å²) in [6.45, 7) is 2.38. The maximum Gasteiger partial charge on any atom is 0.289 e. The van der Waals surface area contributed by atoms with Crippen LogP contribution in [0.5, 0.6) is 0 Å². The van der Waals surface area contributed by atoms with E-state index in [0.717, 1.165) is 5.70 Å². The van der Waals surface area contributed by atoms with Gasteiger partial charge in [0.2, 0.25) is 0 Å². The molecular formula is C17H22N8O3. The highest BCUT2D eigenvalue weighted by Gasteiger charge is 2.26. The molecule has 148 valence electrons. The first kappa shape index (κ1) is 18.0. The molecule has 2 aromatic heterocycles. The minimum Gasteiger partial charge on any atom is -0.385 e. The Bertz CT molecular complexity index is 1010. The van der Waals surface area contributed by atoms with E-state index in [2.05, 4.69) is 31.5 Å². The van der Waals surface area contributed by atoms with Crippen LogP contribution in [0.15, 0.2) is 23.1 Å². The average molecular weight is 386 g/mol. The quantitative estimate of drug-likeness (QED) is 0.501. The van der Waals surface area contributed by atoms with Crippen molar-refractivity contribution in [3.05, 3.63) is 45.9 Å². The van der Waals surface area contributed by atoms with Crippen molar-refractivity contribution in [2.75, 3.05) is 24.4 Å². The maximum absolute atomic E-state index is 12.7. The first-order valence-corrected chi connectivity index (χ1v) is 8.93. The lowest BCUT2D eigenvalue weighted by molar-refractivity contribution is 0.0803. The van der Waals surface area contributed by atoms with Crippen molar-refractivity contribution in [1.29, 1.82) is 0 Å². The van der Waals surface area contributed by atoms with E-state index in [1.54, 1.807) is 24.8 Å². The molecule has 4 bridgehead atoms. The molecule has 0 aromatic carbocycles. The van der Waals surface area contributed by atoms with E-state index in [9.17, 15) is 9.59 Å². The lowest BCUT2D eigenvalue weighted by atomic mass is 10.2. The second-order valence-electron chi connectivity index (χ2n) is 6.75. The van der Waals surface area contributed by atoms with Crippen LogP contribution in [0, 0.1) is 0 Å². The van der Waals surface area contributed by atoms with Gasteiger partial charge in [0.05, 0.1) is 30.8 Å². The van der Waals surface area contributed by atoms with Gasteiger partial charge in [-0.15, -0.1) is 0 Å². The molecule has 11 heteroatoms. The molecule has 0 saturated heterocycles. The van der Waals surface area contributed by atoms with Gasteiger partial charge in [0.25, 0.3) is 11.5 Å². The molecule has 2 aromatic rings. The van der Waals surface area contributed by atoms with E-state index in [4.69, 9.17) is 4.74 Å². The van der Waals surface area contributed by atoms with Gasteiger partial charge in [-0.25, -0.2) is 14.3 Å². The number of hydrogen-bond acceptors (Lipinski definition) is 8. The molecule has 4 rings (SSSR count). The summed E-state index contributed by atoms with van der Waals surface area (Å²) in [5, 5.41) is 13.4. The molecule has 0 saturated carbocycles. The van der Waals surface area contributed by atoms with Crippen LogP contribution in [0.3, 0.4) is 0 Å². The van der Waals surface area contributed by atoms with Crippen LogP contribution >= 0.6 is 0 Å². The Morgan fingerprint density at radius 2 is 2.14 bits per heavy atom. The molecule has 28 heavy (non-hydrogen) atoms. The number of fused-ring (bicyclic) bond motifs is 3. The lowest BCUT2D eigenvalue weighted by Crippen LogP contribution is -2.44. The smallest absolute Gasteiger partial charge is 0.289 e. The molecule has 4 N–H and O–H groups in total. The third-order valence-corrected chi connectivity index (χ3v) is 4.53. The largest absolute Gasteiger partial charge is 0.385 e. The van der Waals surface area contributed by atoms with Crippen LogP contribution in [0.25, 0.3) is 5.70 Å². The number of anilines is 1. The number of nitrogens with zero attached hydrogens (tertiary/aromatic N) is 4. The zero-order chi connectivity index (χ0) is 19.8. The minimum atomic E-state index is -0.458. The molecule has 11 nitrogen and oxygen atoms in total. The summed E-state index contributed by atoms with van der Waals surface area (Å²) < 4.78 is 8.54. The molecule has 2 unspecified atom stereocenters. The summed E-state index contributed by atoms with van der Waals surface area (Å²) in [5.74, 6) is 0.299. The van der Waals surface area contributed by atoms with Gasteiger partial charge in [0.15, 0.2) is 5.82 Å². The SMILES string of the molecule is CNC1=CC2Nc3cc(nn(C)c3=O)COCC(C)NC(=O)c3cnc1n3N2. The molecule has 2 aliphatic heterocycles. The van der Waals surface area contributed by atoms with Gasteiger partial charge < -0.3 is 20.7 Å². The van der Waals surface area contributed by atoms with Crippen molar-refractivity contribution < 1.29 is 9.53 Å². The minimum absolute atomic E-state index is 0.217. The number of ether oxygens (including phenoxy) is 1. The Balaban J connectivity index is 1.80. The Kier molecular flexibility index (Phi) is 4.51. The first-order chi connectivity index (χ1) is 13.5. The zero-order valence-electron chi connectivity index (χ0n) is 15.8. The third kappa shape index (κ3) is 3.20. The lowest BCUT2D eigenvalue weighted by Gasteiger charge is -2.28. The number of amides is 1. The number of aromatic nitrogens is 4. The predicted octanol–water partition coefficient (Wildman–Crippen LogP) is -0.819. The van der Waals surface area contributed by atoms with E-state index >= 15 is 0 Å².